The number of fused-ring (bicyclic) bond motifs is 2. The number of nitrogens with zero attached hydrogens (tertiary/aromatic N) is 2. The van der Waals surface area contributed by atoms with Crippen molar-refractivity contribution in [3.05, 3.63) is 50.8 Å². The average molecular weight is 361 g/mol. The minimum Gasteiger partial charge on any atom is -0.333 e. The van der Waals surface area contributed by atoms with Crippen LogP contribution in [0.3, 0.4) is 0 Å². The number of H-pyrrole nitrogens is 1. The van der Waals surface area contributed by atoms with Crippen molar-refractivity contribution in [3.8, 4) is 0 Å². The number of aromatic nitrogens is 2. The van der Waals surface area contributed by atoms with Crippen molar-refractivity contribution in [2.24, 2.45) is 0 Å². The summed E-state index contributed by atoms with van der Waals surface area (Å²) in [5.41, 5.74) is 5.25. The topological polar surface area (TPSA) is 61.0 Å². The summed E-state index contributed by atoms with van der Waals surface area (Å²) < 4.78 is 1.08. The second kappa shape index (κ2) is 5.52. The van der Waals surface area contributed by atoms with Crippen molar-refractivity contribution < 1.29 is 4.79 Å². The highest BCUT2D eigenvalue weighted by atomic mass is 79.9. The van der Waals surface area contributed by atoms with Crippen LogP contribution in [0.4, 0.5) is 0 Å². The van der Waals surface area contributed by atoms with Crippen LogP contribution in [-0.2, 0) is 25.9 Å². The van der Waals surface area contributed by atoms with E-state index in [4.69, 9.17) is 0 Å². The van der Waals surface area contributed by atoms with E-state index in [1.165, 1.54) is 11.1 Å². The maximum Gasteiger partial charge on any atom is 0.275 e. The highest BCUT2D eigenvalue weighted by Gasteiger charge is 2.28. The number of carbonyl (C=O) groups is 1. The van der Waals surface area contributed by atoms with Gasteiger partial charge in [0.1, 0.15) is 0 Å². The zero-order valence-corrected chi connectivity index (χ0v) is 13.7. The Morgan fingerprint density at radius 2 is 2.18 bits per heavy atom. The first kappa shape index (κ1) is 14.0. The summed E-state index contributed by atoms with van der Waals surface area (Å²) >= 11 is 3.60. The third-order valence-corrected chi connectivity index (χ3v) is 5.25. The molecule has 2 aliphatic rings. The first-order valence-electron chi connectivity index (χ1n) is 7.56. The lowest BCUT2D eigenvalue weighted by molar-refractivity contribution is 0.0727. The number of carbonyl (C=O) groups excluding carboxylic acids is 1. The molecular formula is C16H17BrN4O. The molecule has 2 N–H and O–H groups in total. The second-order valence-electron chi connectivity index (χ2n) is 5.81. The number of aromatic amines is 1. The Hall–Kier alpha value is -1.66. The van der Waals surface area contributed by atoms with Crippen LogP contribution in [0.25, 0.3) is 0 Å². The zero-order chi connectivity index (χ0) is 15.1. The first-order chi connectivity index (χ1) is 10.7. The molecule has 3 heterocycles. The summed E-state index contributed by atoms with van der Waals surface area (Å²) in [6.45, 7) is 3.05. The maximum absolute atomic E-state index is 12.9. The Morgan fingerprint density at radius 3 is 3.09 bits per heavy atom. The lowest BCUT2D eigenvalue weighted by atomic mass is 9.99. The second-order valence-corrected chi connectivity index (χ2v) is 6.66. The van der Waals surface area contributed by atoms with Crippen molar-refractivity contribution in [3.63, 3.8) is 0 Å². The molecule has 22 heavy (non-hydrogen) atoms. The number of amides is 1. The molecule has 0 saturated heterocycles. The Balaban J connectivity index is 1.62. The molecule has 1 amide bonds. The van der Waals surface area contributed by atoms with Gasteiger partial charge in [-0.25, -0.2) is 0 Å². The molecule has 4 rings (SSSR count). The molecule has 114 valence electrons. The van der Waals surface area contributed by atoms with E-state index < -0.39 is 0 Å². The fourth-order valence-electron chi connectivity index (χ4n) is 3.27. The van der Waals surface area contributed by atoms with E-state index >= 15 is 0 Å². The van der Waals surface area contributed by atoms with Crippen LogP contribution in [0.2, 0.25) is 0 Å². The van der Waals surface area contributed by atoms with E-state index in [0.29, 0.717) is 12.2 Å². The van der Waals surface area contributed by atoms with E-state index in [-0.39, 0.29) is 5.91 Å². The van der Waals surface area contributed by atoms with E-state index in [0.717, 1.165) is 48.2 Å². The van der Waals surface area contributed by atoms with Gasteiger partial charge in [0, 0.05) is 48.3 Å². The van der Waals surface area contributed by atoms with Gasteiger partial charge in [0.05, 0.1) is 0 Å². The zero-order valence-electron chi connectivity index (χ0n) is 12.2. The minimum absolute atomic E-state index is 0.0302. The maximum atomic E-state index is 12.9. The molecule has 0 atom stereocenters. The van der Waals surface area contributed by atoms with Crippen LogP contribution in [0.1, 0.15) is 32.9 Å². The third kappa shape index (κ3) is 2.27. The predicted octanol–water partition coefficient (Wildman–Crippen LogP) is 2.02. The van der Waals surface area contributed by atoms with E-state index in [1.807, 2.05) is 11.0 Å². The Kier molecular flexibility index (Phi) is 3.50. The van der Waals surface area contributed by atoms with E-state index in [1.54, 1.807) is 0 Å². The molecule has 0 spiro atoms. The van der Waals surface area contributed by atoms with Gasteiger partial charge >= 0.3 is 0 Å². The largest absolute Gasteiger partial charge is 0.333 e. The normalized spacial score (nSPS) is 17.0. The molecule has 0 aliphatic carbocycles. The van der Waals surface area contributed by atoms with Gasteiger partial charge in [-0.15, -0.1) is 0 Å². The molecule has 5 nitrogen and oxygen atoms in total. The highest BCUT2D eigenvalue weighted by molar-refractivity contribution is 9.10. The third-order valence-electron chi connectivity index (χ3n) is 4.51. The lowest BCUT2D eigenvalue weighted by Crippen LogP contribution is -2.37. The first-order valence-corrected chi connectivity index (χ1v) is 8.35. The average Bonchev–Trinajstić information content (AvgIpc) is 2.98. The summed E-state index contributed by atoms with van der Waals surface area (Å²) in [6, 6.07) is 6.23. The van der Waals surface area contributed by atoms with Crippen LogP contribution in [0.5, 0.6) is 0 Å². The molecule has 0 bridgehead atoms. The van der Waals surface area contributed by atoms with Crippen LogP contribution in [-0.4, -0.2) is 34.1 Å². The fraction of sp³-hybridized carbons (Fsp3) is 0.375. The number of nitrogens with one attached hydrogen (secondary N) is 2. The van der Waals surface area contributed by atoms with Crippen LogP contribution >= 0.6 is 15.9 Å². The van der Waals surface area contributed by atoms with Crippen molar-refractivity contribution in [1.82, 2.24) is 20.4 Å². The molecule has 0 saturated carbocycles. The van der Waals surface area contributed by atoms with Crippen LogP contribution < -0.4 is 5.32 Å². The van der Waals surface area contributed by atoms with Gasteiger partial charge in [-0.2, -0.15) is 5.10 Å². The highest BCUT2D eigenvalue weighted by Crippen LogP contribution is 2.28. The van der Waals surface area contributed by atoms with Gasteiger partial charge in [-0.05, 0) is 23.6 Å². The van der Waals surface area contributed by atoms with Crippen molar-refractivity contribution in [2.45, 2.75) is 25.9 Å². The molecule has 2 aliphatic heterocycles. The summed E-state index contributed by atoms with van der Waals surface area (Å²) in [7, 11) is 0. The van der Waals surface area contributed by atoms with Gasteiger partial charge in [0.15, 0.2) is 5.69 Å². The predicted molar refractivity (Wildman–Crippen MR) is 86.6 cm³/mol. The minimum atomic E-state index is 0.0302. The van der Waals surface area contributed by atoms with Gasteiger partial charge in [-0.3, -0.25) is 9.89 Å². The Bertz CT molecular complexity index is 740. The SMILES string of the molecule is O=C(c1n[nH]c2c1CNCC2)N1CCc2cccc(Br)c2C1. The number of hydrogen-bond acceptors (Lipinski definition) is 3. The number of halogens is 1. The van der Waals surface area contributed by atoms with E-state index in [2.05, 4.69) is 43.6 Å². The smallest absolute Gasteiger partial charge is 0.275 e. The number of benzene rings is 1. The van der Waals surface area contributed by atoms with Crippen molar-refractivity contribution >= 4 is 21.8 Å². The molecule has 1 aromatic heterocycles. The standard InChI is InChI=1S/C16H17BrN4O/c17-13-3-1-2-10-5-7-21(9-12(10)13)16(22)15-11-8-18-6-4-14(11)19-20-15/h1-3,18H,4-9H2,(H,19,20). The molecule has 6 heteroatoms. The number of rotatable bonds is 1. The van der Waals surface area contributed by atoms with Gasteiger partial charge in [0.2, 0.25) is 0 Å². The number of hydrogen-bond donors (Lipinski definition) is 2. The molecule has 0 fully saturated rings. The Morgan fingerprint density at radius 1 is 1.27 bits per heavy atom. The van der Waals surface area contributed by atoms with Gasteiger partial charge in [0.25, 0.3) is 5.91 Å². The molecule has 2 aromatic rings. The quantitative estimate of drug-likeness (QED) is 0.817. The van der Waals surface area contributed by atoms with Crippen LogP contribution in [0, 0.1) is 0 Å². The molecular weight excluding hydrogens is 344 g/mol. The van der Waals surface area contributed by atoms with Crippen LogP contribution in [0.15, 0.2) is 22.7 Å². The molecule has 0 radical (unpaired) electrons. The van der Waals surface area contributed by atoms with Crippen molar-refractivity contribution in [1.29, 1.82) is 0 Å². The van der Waals surface area contributed by atoms with E-state index in [9.17, 15) is 4.79 Å². The van der Waals surface area contributed by atoms with Gasteiger partial charge < -0.3 is 10.2 Å². The lowest BCUT2D eigenvalue weighted by Gasteiger charge is -2.29. The van der Waals surface area contributed by atoms with Crippen molar-refractivity contribution in [2.75, 3.05) is 13.1 Å². The summed E-state index contributed by atoms with van der Waals surface area (Å²) in [4.78, 5) is 14.8. The summed E-state index contributed by atoms with van der Waals surface area (Å²) in [5, 5.41) is 10.6. The van der Waals surface area contributed by atoms with Gasteiger partial charge in [-0.1, -0.05) is 28.1 Å². The molecule has 1 aromatic carbocycles. The fourth-order valence-corrected chi connectivity index (χ4v) is 3.80. The summed E-state index contributed by atoms with van der Waals surface area (Å²) in [5.74, 6) is 0.0302. The summed E-state index contributed by atoms with van der Waals surface area (Å²) in [6.07, 6.45) is 1.80. The Labute approximate surface area is 137 Å². The molecule has 0 unspecified atom stereocenters. The monoisotopic (exact) mass is 360 g/mol.